The maximum absolute atomic E-state index is 6.88. The number of rotatable bonds is 12. The molecular formula is C20H31NO2. The van der Waals surface area contributed by atoms with E-state index in [2.05, 4.69) is 42.4 Å². The summed E-state index contributed by atoms with van der Waals surface area (Å²) >= 11 is 0. The van der Waals surface area contributed by atoms with Crippen molar-refractivity contribution in [1.29, 1.82) is 0 Å². The fourth-order valence-electron chi connectivity index (χ4n) is 1.75. The van der Waals surface area contributed by atoms with Gasteiger partial charge in [-0.3, -0.25) is 0 Å². The number of nitrogens with zero attached hydrogens (tertiary/aromatic N) is 1. The van der Waals surface area contributed by atoms with Gasteiger partial charge < -0.3 is 14.3 Å². The number of ether oxygens (including phenoxy) is 2. The molecule has 0 unspecified atom stereocenters. The topological polar surface area (TPSA) is 22.8 Å². The van der Waals surface area contributed by atoms with Crippen molar-refractivity contribution in [2.75, 3.05) is 19.8 Å². The fraction of sp³-hybridized carbons (Fsp3) is 0.750. The van der Waals surface area contributed by atoms with Crippen LogP contribution in [0, 0.1) is 30.3 Å². The first kappa shape index (κ1) is 21.5. The minimum absolute atomic E-state index is 0.306. The Balaban J connectivity index is 3.84. The van der Waals surface area contributed by atoms with E-state index in [1.807, 2.05) is 0 Å². The Labute approximate surface area is 143 Å². The summed E-state index contributed by atoms with van der Waals surface area (Å²) in [5.41, 5.74) is 0. The van der Waals surface area contributed by atoms with Crippen LogP contribution in [-0.4, -0.2) is 26.0 Å². The molecule has 0 aliphatic rings. The van der Waals surface area contributed by atoms with Gasteiger partial charge in [0, 0.05) is 25.7 Å². The average Bonchev–Trinajstić information content (AvgIpc) is 2.57. The van der Waals surface area contributed by atoms with E-state index >= 15 is 0 Å². The molecule has 0 amide bonds. The molecule has 0 fully saturated rings. The molecule has 0 heterocycles. The van der Waals surface area contributed by atoms with Gasteiger partial charge in [-0.15, -0.1) is 23.7 Å². The summed E-state index contributed by atoms with van der Waals surface area (Å²) in [7, 11) is 0. The van der Waals surface area contributed by atoms with Crippen molar-refractivity contribution in [3.63, 3.8) is 0 Å². The van der Waals surface area contributed by atoms with Crippen molar-refractivity contribution < 1.29 is 9.47 Å². The third kappa shape index (κ3) is 16.7. The van der Waals surface area contributed by atoms with Crippen LogP contribution >= 0.6 is 0 Å². The van der Waals surface area contributed by atoms with E-state index in [9.17, 15) is 0 Å². The lowest BCUT2D eigenvalue weighted by atomic mass is 10.2. The Bertz CT molecular complexity index is 385. The SMILES string of the molecule is [C-]#[N+]CCC(OCCC#CCCCC)OCCC#CCCCC. The van der Waals surface area contributed by atoms with Crippen LogP contribution in [0.3, 0.4) is 0 Å². The van der Waals surface area contributed by atoms with E-state index < -0.39 is 0 Å². The fourth-order valence-corrected chi connectivity index (χ4v) is 1.75. The molecule has 128 valence electrons. The molecule has 0 saturated carbocycles. The number of hydrogen-bond acceptors (Lipinski definition) is 2. The van der Waals surface area contributed by atoms with Gasteiger partial charge in [0.15, 0.2) is 6.29 Å². The van der Waals surface area contributed by atoms with Gasteiger partial charge in [-0.05, 0) is 12.8 Å². The van der Waals surface area contributed by atoms with Crippen molar-refractivity contribution in [2.45, 2.75) is 77.9 Å². The Hall–Kier alpha value is -1.47. The van der Waals surface area contributed by atoms with E-state index in [1.54, 1.807) is 0 Å². The highest BCUT2D eigenvalue weighted by Gasteiger charge is 2.10. The summed E-state index contributed by atoms with van der Waals surface area (Å²) in [6, 6.07) is 0. The molecule has 0 bridgehead atoms. The van der Waals surface area contributed by atoms with Gasteiger partial charge >= 0.3 is 0 Å². The second kappa shape index (κ2) is 18.6. The van der Waals surface area contributed by atoms with Gasteiger partial charge in [-0.25, -0.2) is 6.57 Å². The van der Waals surface area contributed by atoms with E-state index in [0.717, 1.165) is 38.5 Å². The molecule has 0 saturated heterocycles. The van der Waals surface area contributed by atoms with Crippen LogP contribution in [0.4, 0.5) is 0 Å². The lowest BCUT2D eigenvalue weighted by Gasteiger charge is -2.15. The lowest BCUT2D eigenvalue weighted by molar-refractivity contribution is -0.141. The van der Waals surface area contributed by atoms with Crippen LogP contribution in [0.15, 0.2) is 0 Å². The molecule has 0 aromatic heterocycles. The molecule has 0 N–H and O–H groups in total. The quantitative estimate of drug-likeness (QED) is 0.223. The highest BCUT2D eigenvalue weighted by atomic mass is 16.7. The molecule has 0 rings (SSSR count). The zero-order chi connectivity index (χ0) is 17.0. The van der Waals surface area contributed by atoms with Crippen molar-refractivity contribution in [2.24, 2.45) is 0 Å². The molecule has 0 spiro atoms. The molecular weight excluding hydrogens is 286 g/mol. The second-order valence-corrected chi connectivity index (χ2v) is 5.26. The predicted molar refractivity (Wildman–Crippen MR) is 95.6 cm³/mol. The molecule has 0 aromatic carbocycles. The summed E-state index contributed by atoms with van der Waals surface area (Å²) in [6.45, 7) is 12.8. The van der Waals surface area contributed by atoms with Crippen LogP contribution in [0.5, 0.6) is 0 Å². The Kier molecular flexibility index (Phi) is 17.4. The summed E-state index contributed by atoms with van der Waals surface area (Å²) in [4.78, 5) is 3.37. The van der Waals surface area contributed by atoms with E-state index in [0.29, 0.717) is 26.2 Å². The van der Waals surface area contributed by atoms with Crippen LogP contribution in [-0.2, 0) is 9.47 Å². The maximum Gasteiger partial charge on any atom is 0.219 e. The summed E-state index contributed by atoms with van der Waals surface area (Å²) in [6.07, 6.45) is 8.34. The first-order valence-corrected chi connectivity index (χ1v) is 8.83. The van der Waals surface area contributed by atoms with Gasteiger partial charge in [0.1, 0.15) is 0 Å². The van der Waals surface area contributed by atoms with Crippen LogP contribution in [0.25, 0.3) is 4.85 Å². The van der Waals surface area contributed by atoms with E-state index in [4.69, 9.17) is 16.0 Å². The molecule has 3 nitrogen and oxygen atoms in total. The molecule has 0 aliphatic heterocycles. The number of hydrogen-bond donors (Lipinski definition) is 0. The first-order chi connectivity index (χ1) is 11.3. The van der Waals surface area contributed by atoms with Crippen molar-refractivity contribution in [3.8, 4) is 23.7 Å². The van der Waals surface area contributed by atoms with Gasteiger partial charge in [0.05, 0.1) is 19.6 Å². The Morgan fingerprint density at radius 3 is 1.74 bits per heavy atom. The molecule has 0 radical (unpaired) electrons. The minimum atomic E-state index is -0.306. The zero-order valence-corrected chi connectivity index (χ0v) is 14.8. The largest absolute Gasteiger partial charge is 0.351 e. The standard InChI is InChI=1S/C20H31NO2/c1-4-6-8-10-12-14-18-22-20(16-17-21-3)23-19-15-13-11-9-7-5-2/h20H,4-9,14-19H2,1-2H3. The highest BCUT2D eigenvalue weighted by Crippen LogP contribution is 2.03. The van der Waals surface area contributed by atoms with Crippen molar-refractivity contribution in [3.05, 3.63) is 11.4 Å². The monoisotopic (exact) mass is 317 g/mol. The molecule has 0 aliphatic carbocycles. The highest BCUT2D eigenvalue weighted by molar-refractivity contribution is 4.99. The zero-order valence-electron chi connectivity index (χ0n) is 14.8. The first-order valence-electron chi connectivity index (χ1n) is 8.83. The van der Waals surface area contributed by atoms with Gasteiger partial charge in [0.2, 0.25) is 6.54 Å². The average molecular weight is 317 g/mol. The normalized spacial score (nSPS) is 9.65. The third-order valence-electron chi connectivity index (χ3n) is 3.10. The van der Waals surface area contributed by atoms with E-state index in [-0.39, 0.29) is 6.29 Å². The minimum Gasteiger partial charge on any atom is -0.351 e. The van der Waals surface area contributed by atoms with Crippen LogP contribution in [0.2, 0.25) is 0 Å². The van der Waals surface area contributed by atoms with Gasteiger partial charge in [-0.1, -0.05) is 26.7 Å². The molecule has 0 atom stereocenters. The van der Waals surface area contributed by atoms with Gasteiger partial charge in [0.25, 0.3) is 0 Å². The smallest absolute Gasteiger partial charge is 0.219 e. The number of unbranched alkanes of at least 4 members (excludes halogenated alkanes) is 4. The van der Waals surface area contributed by atoms with Gasteiger partial charge in [-0.2, -0.15) is 0 Å². The summed E-state index contributed by atoms with van der Waals surface area (Å²) in [5, 5.41) is 0. The molecule has 23 heavy (non-hydrogen) atoms. The predicted octanol–water partition coefficient (Wildman–Crippen LogP) is 4.82. The molecule has 3 heteroatoms. The molecule has 0 aromatic rings. The van der Waals surface area contributed by atoms with Crippen LogP contribution < -0.4 is 0 Å². The van der Waals surface area contributed by atoms with Crippen molar-refractivity contribution in [1.82, 2.24) is 0 Å². The van der Waals surface area contributed by atoms with Crippen molar-refractivity contribution >= 4 is 0 Å². The van der Waals surface area contributed by atoms with Crippen LogP contribution in [0.1, 0.15) is 71.6 Å². The third-order valence-corrected chi connectivity index (χ3v) is 3.10. The van der Waals surface area contributed by atoms with E-state index in [1.165, 1.54) is 12.8 Å². The second-order valence-electron chi connectivity index (χ2n) is 5.26. The Morgan fingerprint density at radius 2 is 1.30 bits per heavy atom. The summed E-state index contributed by atoms with van der Waals surface area (Å²) < 4.78 is 11.4. The Morgan fingerprint density at radius 1 is 0.826 bits per heavy atom. The lowest BCUT2D eigenvalue weighted by Crippen LogP contribution is -2.19. The summed E-state index contributed by atoms with van der Waals surface area (Å²) in [5.74, 6) is 12.5. The maximum atomic E-state index is 6.88.